The van der Waals surface area contributed by atoms with Gasteiger partial charge in [-0.25, -0.2) is 0 Å². The fourth-order valence-corrected chi connectivity index (χ4v) is 3.51. The van der Waals surface area contributed by atoms with Gasteiger partial charge in [-0.1, -0.05) is 33.1 Å². The van der Waals surface area contributed by atoms with E-state index in [1.165, 1.54) is 51.6 Å². The molecule has 100 valence electrons. The van der Waals surface area contributed by atoms with Gasteiger partial charge in [-0.15, -0.1) is 0 Å². The van der Waals surface area contributed by atoms with E-state index in [2.05, 4.69) is 18.7 Å². The molecule has 2 heteroatoms. The first-order valence-electron chi connectivity index (χ1n) is 7.57. The summed E-state index contributed by atoms with van der Waals surface area (Å²) in [4.78, 5) is 2.49. The average molecular weight is 239 g/mol. The number of likely N-dealkylation sites (tertiary alicyclic amines) is 1. The highest BCUT2D eigenvalue weighted by atomic mass is 16.3. The number of β-amino-alcohol motifs (C(OH)–C–C–N with tert-alkyl or cyclic N) is 1. The Labute approximate surface area is 106 Å². The molecule has 0 aromatic heterocycles. The van der Waals surface area contributed by atoms with Crippen LogP contribution in [0.3, 0.4) is 0 Å². The molecule has 2 unspecified atom stereocenters. The first kappa shape index (κ1) is 13.4. The van der Waals surface area contributed by atoms with E-state index < -0.39 is 0 Å². The van der Waals surface area contributed by atoms with Crippen LogP contribution in [0.5, 0.6) is 0 Å². The summed E-state index contributed by atoms with van der Waals surface area (Å²) in [7, 11) is 0. The molecule has 2 aliphatic rings. The molecule has 0 aromatic carbocycles. The molecule has 0 amide bonds. The summed E-state index contributed by atoms with van der Waals surface area (Å²) in [6.45, 7) is 7.99. The van der Waals surface area contributed by atoms with Gasteiger partial charge in [-0.2, -0.15) is 0 Å². The highest BCUT2D eigenvalue weighted by Crippen LogP contribution is 2.29. The van der Waals surface area contributed by atoms with E-state index in [9.17, 15) is 5.11 Å². The number of rotatable bonds is 4. The Morgan fingerprint density at radius 1 is 1.06 bits per heavy atom. The summed E-state index contributed by atoms with van der Waals surface area (Å²) in [6.07, 6.45) is 7.80. The molecule has 1 heterocycles. The smallest absolute Gasteiger partial charge is 0.0695 e. The van der Waals surface area contributed by atoms with E-state index in [4.69, 9.17) is 0 Å². The Balaban J connectivity index is 1.73. The lowest BCUT2D eigenvalue weighted by Gasteiger charge is -2.29. The molecular formula is C15H29NO. The lowest BCUT2D eigenvalue weighted by atomic mass is 9.85. The maximum absolute atomic E-state index is 10.3. The minimum atomic E-state index is -0.0683. The molecule has 17 heavy (non-hydrogen) atoms. The van der Waals surface area contributed by atoms with Crippen LogP contribution in [0, 0.1) is 17.8 Å². The maximum atomic E-state index is 10.3. The Morgan fingerprint density at radius 3 is 2.35 bits per heavy atom. The third-order valence-electron chi connectivity index (χ3n) is 4.89. The number of nitrogens with zero attached hydrogens (tertiary/aromatic N) is 1. The SMILES string of the molecule is CC(C)C1CCN(CC(O)C2CCCCC2)C1. The Morgan fingerprint density at radius 2 is 1.76 bits per heavy atom. The highest BCUT2D eigenvalue weighted by molar-refractivity contribution is 4.82. The monoisotopic (exact) mass is 239 g/mol. The van der Waals surface area contributed by atoms with Crippen LogP contribution in [0.2, 0.25) is 0 Å². The fourth-order valence-electron chi connectivity index (χ4n) is 3.51. The molecule has 1 aliphatic heterocycles. The molecule has 1 saturated carbocycles. The van der Waals surface area contributed by atoms with E-state index in [-0.39, 0.29) is 6.10 Å². The molecule has 0 radical (unpaired) electrons. The van der Waals surface area contributed by atoms with Crippen LogP contribution in [0.15, 0.2) is 0 Å². The lowest BCUT2D eigenvalue weighted by molar-refractivity contribution is 0.0529. The summed E-state index contributed by atoms with van der Waals surface area (Å²) in [5.41, 5.74) is 0. The van der Waals surface area contributed by atoms with Gasteiger partial charge in [0.15, 0.2) is 0 Å². The minimum Gasteiger partial charge on any atom is -0.392 e. The second-order valence-electron chi connectivity index (χ2n) is 6.52. The maximum Gasteiger partial charge on any atom is 0.0695 e. The quantitative estimate of drug-likeness (QED) is 0.815. The van der Waals surface area contributed by atoms with Crippen LogP contribution in [0.1, 0.15) is 52.4 Å². The van der Waals surface area contributed by atoms with Crippen LogP contribution >= 0.6 is 0 Å². The Hall–Kier alpha value is -0.0800. The van der Waals surface area contributed by atoms with Gasteiger partial charge in [0.2, 0.25) is 0 Å². The lowest BCUT2D eigenvalue weighted by Crippen LogP contribution is -2.36. The number of aliphatic hydroxyl groups excluding tert-OH is 1. The first-order chi connectivity index (χ1) is 8.16. The van der Waals surface area contributed by atoms with Crippen LogP contribution in [0.25, 0.3) is 0 Å². The van der Waals surface area contributed by atoms with Crippen molar-refractivity contribution < 1.29 is 5.11 Å². The van der Waals surface area contributed by atoms with Crippen molar-refractivity contribution in [1.82, 2.24) is 4.90 Å². The molecule has 2 nitrogen and oxygen atoms in total. The minimum absolute atomic E-state index is 0.0683. The van der Waals surface area contributed by atoms with E-state index >= 15 is 0 Å². The van der Waals surface area contributed by atoms with Gasteiger partial charge in [0.25, 0.3) is 0 Å². The van der Waals surface area contributed by atoms with Gasteiger partial charge in [-0.3, -0.25) is 0 Å². The summed E-state index contributed by atoms with van der Waals surface area (Å²) < 4.78 is 0. The molecule has 2 rings (SSSR count). The van der Waals surface area contributed by atoms with E-state index in [0.29, 0.717) is 5.92 Å². The Kier molecular flexibility index (Phi) is 4.87. The second kappa shape index (κ2) is 6.19. The molecule has 1 aliphatic carbocycles. The van der Waals surface area contributed by atoms with E-state index in [1.54, 1.807) is 0 Å². The normalized spacial score (nSPS) is 30.0. The third-order valence-corrected chi connectivity index (χ3v) is 4.89. The van der Waals surface area contributed by atoms with Gasteiger partial charge in [0, 0.05) is 13.1 Å². The zero-order chi connectivity index (χ0) is 12.3. The second-order valence-corrected chi connectivity index (χ2v) is 6.52. The van der Waals surface area contributed by atoms with Gasteiger partial charge < -0.3 is 10.0 Å². The average Bonchev–Trinajstić information content (AvgIpc) is 2.79. The molecule has 2 fully saturated rings. The van der Waals surface area contributed by atoms with Crippen molar-refractivity contribution in [2.24, 2.45) is 17.8 Å². The summed E-state index contributed by atoms with van der Waals surface area (Å²) in [6, 6.07) is 0. The van der Waals surface area contributed by atoms with Crippen LogP contribution in [-0.2, 0) is 0 Å². The third kappa shape index (κ3) is 3.69. The zero-order valence-electron chi connectivity index (χ0n) is 11.6. The number of hydrogen-bond acceptors (Lipinski definition) is 2. The van der Waals surface area contributed by atoms with Gasteiger partial charge in [0.05, 0.1) is 6.10 Å². The Bertz CT molecular complexity index is 223. The summed E-state index contributed by atoms with van der Waals surface area (Å²) >= 11 is 0. The van der Waals surface area contributed by atoms with Gasteiger partial charge >= 0.3 is 0 Å². The molecule has 2 atom stereocenters. The fraction of sp³-hybridized carbons (Fsp3) is 1.00. The standard InChI is InChI=1S/C15H29NO/c1-12(2)14-8-9-16(10-14)11-15(17)13-6-4-3-5-7-13/h12-15,17H,3-11H2,1-2H3. The molecule has 0 aromatic rings. The van der Waals surface area contributed by atoms with Crippen LogP contribution in [0.4, 0.5) is 0 Å². The molecule has 0 bridgehead atoms. The van der Waals surface area contributed by atoms with Crippen molar-refractivity contribution in [3.05, 3.63) is 0 Å². The van der Waals surface area contributed by atoms with Crippen molar-refractivity contribution >= 4 is 0 Å². The largest absolute Gasteiger partial charge is 0.392 e. The van der Waals surface area contributed by atoms with Crippen molar-refractivity contribution in [3.63, 3.8) is 0 Å². The van der Waals surface area contributed by atoms with Crippen LogP contribution in [-0.4, -0.2) is 35.7 Å². The predicted molar refractivity (Wildman–Crippen MR) is 72.0 cm³/mol. The van der Waals surface area contributed by atoms with Gasteiger partial charge in [-0.05, 0) is 43.6 Å². The highest BCUT2D eigenvalue weighted by Gasteiger charge is 2.29. The summed E-state index contributed by atoms with van der Waals surface area (Å²) in [5, 5.41) is 10.3. The van der Waals surface area contributed by atoms with E-state index in [0.717, 1.165) is 18.4 Å². The topological polar surface area (TPSA) is 23.5 Å². The van der Waals surface area contributed by atoms with Crippen molar-refractivity contribution in [2.45, 2.75) is 58.5 Å². The summed E-state index contributed by atoms with van der Waals surface area (Å²) in [5.74, 6) is 2.24. The van der Waals surface area contributed by atoms with Crippen molar-refractivity contribution in [3.8, 4) is 0 Å². The zero-order valence-corrected chi connectivity index (χ0v) is 11.6. The predicted octanol–water partition coefficient (Wildman–Crippen LogP) is 2.91. The molecule has 0 spiro atoms. The van der Waals surface area contributed by atoms with E-state index in [1.807, 2.05) is 0 Å². The van der Waals surface area contributed by atoms with Crippen molar-refractivity contribution in [2.75, 3.05) is 19.6 Å². The molecular weight excluding hydrogens is 210 g/mol. The van der Waals surface area contributed by atoms with Gasteiger partial charge in [0.1, 0.15) is 0 Å². The van der Waals surface area contributed by atoms with Crippen molar-refractivity contribution in [1.29, 1.82) is 0 Å². The molecule has 1 N–H and O–H groups in total. The number of hydrogen-bond donors (Lipinski definition) is 1. The van der Waals surface area contributed by atoms with Crippen LogP contribution < -0.4 is 0 Å². The molecule has 1 saturated heterocycles. The number of aliphatic hydroxyl groups is 1. The first-order valence-corrected chi connectivity index (χ1v) is 7.57.